The first-order chi connectivity index (χ1) is 4.66. The maximum atomic E-state index is 10.4. The molecule has 0 bridgehead atoms. The van der Waals surface area contributed by atoms with Crippen molar-refractivity contribution in [1.29, 1.82) is 0 Å². The van der Waals surface area contributed by atoms with E-state index in [9.17, 15) is 4.79 Å². The van der Waals surface area contributed by atoms with Crippen molar-refractivity contribution >= 4 is 23.3 Å². The molecular formula is C5H10N2O2S. The van der Waals surface area contributed by atoms with Crippen LogP contribution in [0, 0.1) is 0 Å². The van der Waals surface area contributed by atoms with E-state index in [1.807, 2.05) is 0 Å². The second-order valence-electron chi connectivity index (χ2n) is 1.63. The molecule has 0 aromatic carbocycles. The van der Waals surface area contributed by atoms with E-state index < -0.39 is 6.09 Å². The summed E-state index contributed by atoms with van der Waals surface area (Å²) in [5.74, 6) is 0. The van der Waals surface area contributed by atoms with E-state index in [0.717, 1.165) is 0 Å². The number of thiocarbonyl (C=S) groups is 1. The standard InChI is InChI=1S/C5H10N2O2S/c1-9-5(8)7-3-2-4(6)10/h2-3H2,1H3,(H2,6,10)(H,7,8). The number of rotatable bonds is 3. The Hall–Kier alpha value is -0.840. The van der Waals surface area contributed by atoms with Gasteiger partial charge in [0, 0.05) is 13.0 Å². The molecule has 0 rings (SSSR count). The number of nitrogens with one attached hydrogen (secondary N) is 1. The highest BCUT2D eigenvalue weighted by atomic mass is 32.1. The van der Waals surface area contributed by atoms with Crippen LogP contribution in [0.1, 0.15) is 6.42 Å². The van der Waals surface area contributed by atoms with Gasteiger partial charge in [0.15, 0.2) is 0 Å². The van der Waals surface area contributed by atoms with Gasteiger partial charge in [0.25, 0.3) is 0 Å². The third kappa shape index (κ3) is 5.30. The third-order valence-electron chi connectivity index (χ3n) is 0.826. The van der Waals surface area contributed by atoms with E-state index in [1.165, 1.54) is 7.11 Å². The first kappa shape index (κ1) is 9.16. The largest absolute Gasteiger partial charge is 0.453 e. The molecule has 0 aromatic heterocycles. The van der Waals surface area contributed by atoms with Crippen LogP contribution in [-0.2, 0) is 4.74 Å². The van der Waals surface area contributed by atoms with E-state index in [-0.39, 0.29) is 0 Å². The highest BCUT2D eigenvalue weighted by Gasteiger charge is 1.95. The van der Waals surface area contributed by atoms with Gasteiger partial charge in [-0.05, 0) is 0 Å². The van der Waals surface area contributed by atoms with E-state index in [4.69, 9.17) is 5.73 Å². The molecular weight excluding hydrogens is 152 g/mol. The summed E-state index contributed by atoms with van der Waals surface area (Å²) in [5, 5.41) is 2.44. The molecule has 0 aromatic rings. The zero-order chi connectivity index (χ0) is 7.98. The number of hydrogen-bond donors (Lipinski definition) is 2. The molecule has 58 valence electrons. The predicted molar refractivity (Wildman–Crippen MR) is 41.8 cm³/mol. The molecule has 0 aliphatic carbocycles. The molecule has 4 nitrogen and oxygen atoms in total. The van der Waals surface area contributed by atoms with Gasteiger partial charge in [-0.2, -0.15) is 0 Å². The van der Waals surface area contributed by atoms with Crippen LogP contribution in [0.5, 0.6) is 0 Å². The molecule has 5 heteroatoms. The average Bonchev–Trinajstić information content (AvgIpc) is 1.87. The molecule has 0 atom stereocenters. The van der Waals surface area contributed by atoms with Gasteiger partial charge in [-0.25, -0.2) is 4.79 Å². The monoisotopic (exact) mass is 162 g/mol. The minimum absolute atomic E-state index is 0.386. The maximum Gasteiger partial charge on any atom is 0.406 e. The number of methoxy groups -OCH3 is 1. The van der Waals surface area contributed by atoms with Crippen LogP contribution < -0.4 is 11.1 Å². The maximum absolute atomic E-state index is 10.4. The summed E-state index contributed by atoms with van der Waals surface area (Å²) in [6, 6.07) is 0. The van der Waals surface area contributed by atoms with Crippen molar-refractivity contribution in [3.05, 3.63) is 0 Å². The molecule has 0 unspecified atom stereocenters. The van der Waals surface area contributed by atoms with E-state index >= 15 is 0 Å². The van der Waals surface area contributed by atoms with Gasteiger partial charge < -0.3 is 15.8 Å². The van der Waals surface area contributed by atoms with E-state index in [0.29, 0.717) is 18.0 Å². The van der Waals surface area contributed by atoms with Crippen molar-refractivity contribution in [1.82, 2.24) is 5.32 Å². The van der Waals surface area contributed by atoms with Crippen LogP contribution in [0.15, 0.2) is 0 Å². The Morgan fingerprint density at radius 1 is 1.80 bits per heavy atom. The van der Waals surface area contributed by atoms with Crippen LogP contribution in [0.4, 0.5) is 4.79 Å². The third-order valence-corrected chi connectivity index (χ3v) is 1.03. The van der Waals surface area contributed by atoms with Crippen LogP contribution in [0.25, 0.3) is 0 Å². The number of alkyl carbamates (subject to hydrolysis) is 1. The molecule has 0 spiro atoms. The average molecular weight is 162 g/mol. The molecule has 0 fully saturated rings. The summed E-state index contributed by atoms with van der Waals surface area (Å²) in [5.41, 5.74) is 5.16. The lowest BCUT2D eigenvalue weighted by molar-refractivity contribution is 0.171. The van der Waals surface area contributed by atoms with Crippen molar-refractivity contribution in [3.8, 4) is 0 Å². The molecule has 0 aliphatic heterocycles. The van der Waals surface area contributed by atoms with Gasteiger partial charge in [0.1, 0.15) is 0 Å². The highest BCUT2D eigenvalue weighted by molar-refractivity contribution is 7.80. The van der Waals surface area contributed by atoms with Crippen molar-refractivity contribution in [2.24, 2.45) is 5.73 Å². The number of ether oxygens (including phenoxy) is 1. The number of carbonyl (C=O) groups excluding carboxylic acids is 1. The van der Waals surface area contributed by atoms with Gasteiger partial charge in [-0.3, -0.25) is 0 Å². The molecule has 0 aliphatic rings. The van der Waals surface area contributed by atoms with Crippen molar-refractivity contribution < 1.29 is 9.53 Å². The quantitative estimate of drug-likeness (QED) is 0.574. The summed E-state index contributed by atoms with van der Waals surface area (Å²) in [6.45, 7) is 0.433. The van der Waals surface area contributed by atoms with Gasteiger partial charge in [-0.1, -0.05) is 12.2 Å². The SMILES string of the molecule is COC(=O)NCCC(N)=S. The zero-order valence-corrected chi connectivity index (χ0v) is 6.53. The Labute approximate surface area is 64.7 Å². The molecule has 0 heterocycles. The lowest BCUT2D eigenvalue weighted by Crippen LogP contribution is -2.26. The van der Waals surface area contributed by atoms with Gasteiger partial charge in [0.2, 0.25) is 0 Å². The summed E-state index contributed by atoms with van der Waals surface area (Å²) in [4.78, 5) is 10.8. The minimum atomic E-state index is -0.462. The lowest BCUT2D eigenvalue weighted by atomic mass is 10.4. The Morgan fingerprint density at radius 3 is 2.80 bits per heavy atom. The Bertz CT molecular complexity index is 138. The van der Waals surface area contributed by atoms with Crippen LogP contribution in [0.2, 0.25) is 0 Å². The van der Waals surface area contributed by atoms with Gasteiger partial charge >= 0.3 is 6.09 Å². The number of nitrogens with two attached hydrogens (primary N) is 1. The Balaban J connectivity index is 3.20. The summed E-state index contributed by atoms with van der Waals surface area (Å²) < 4.78 is 4.30. The second kappa shape index (κ2) is 4.99. The molecule has 0 radical (unpaired) electrons. The molecule has 1 amide bonds. The van der Waals surface area contributed by atoms with Gasteiger partial charge in [-0.15, -0.1) is 0 Å². The molecule has 0 saturated carbocycles. The van der Waals surface area contributed by atoms with Crippen molar-refractivity contribution in [2.75, 3.05) is 13.7 Å². The van der Waals surface area contributed by atoms with Crippen molar-refractivity contribution in [2.45, 2.75) is 6.42 Å². The zero-order valence-electron chi connectivity index (χ0n) is 5.72. The van der Waals surface area contributed by atoms with Crippen molar-refractivity contribution in [3.63, 3.8) is 0 Å². The fourth-order valence-corrected chi connectivity index (χ4v) is 0.462. The number of carbonyl (C=O) groups is 1. The van der Waals surface area contributed by atoms with Gasteiger partial charge in [0.05, 0.1) is 12.1 Å². The fraction of sp³-hybridized carbons (Fsp3) is 0.600. The first-order valence-corrected chi connectivity index (χ1v) is 3.17. The molecule has 10 heavy (non-hydrogen) atoms. The van der Waals surface area contributed by atoms with Crippen LogP contribution in [0.3, 0.4) is 0 Å². The summed E-state index contributed by atoms with van der Waals surface area (Å²) in [7, 11) is 1.30. The van der Waals surface area contributed by atoms with Crippen LogP contribution in [-0.4, -0.2) is 24.7 Å². The second-order valence-corrected chi connectivity index (χ2v) is 2.16. The molecule has 3 N–H and O–H groups in total. The van der Waals surface area contributed by atoms with E-state index in [1.54, 1.807) is 0 Å². The molecule has 0 saturated heterocycles. The fourth-order valence-electron chi connectivity index (χ4n) is 0.360. The normalized spacial score (nSPS) is 8.50. The van der Waals surface area contributed by atoms with E-state index in [2.05, 4.69) is 22.3 Å². The Kier molecular flexibility index (Phi) is 4.57. The smallest absolute Gasteiger partial charge is 0.406 e. The van der Waals surface area contributed by atoms with Crippen LogP contribution >= 0.6 is 12.2 Å². The summed E-state index contributed by atoms with van der Waals surface area (Å²) >= 11 is 4.57. The number of hydrogen-bond acceptors (Lipinski definition) is 3. The summed E-state index contributed by atoms with van der Waals surface area (Å²) in [6.07, 6.45) is 0.0426. The number of amides is 1. The topological polar surface area (TPSA) is 64.3 Å². The highest BCUT2D eigenvalue weighted by Crippen LogP contribution is 1.77. The minimum Gasteiger partial charge on any atom is -0.453 e. The first-order valence-electron chi connectivity index (χ1n) is 2.77. The predicted octanol–water partition coefficient (Wildman–Crippen LogP) is 0.0186. The Morgan fingerprint density at radius 2 is 2.40 bits per heavy atom. The lowest BCUT2D eigenvalue weighted by Gasteiger charge is -2.00.